The molecule has 6 nitrogen and oxygen atoms in total. The first-order valence-corrected chi connectivity index (χ1v) is 8.19. The zero-order chi connectivity index (χ0) is 18.5. The molecule has 2 unspecified atom stereocenters. The lowest BCUT2D eigenvalue weighted by molar-refractivity contribution is -0.148. The Kier molecular flexibility index (Phi) is 3.50. The van der Waals surface area contributed by atoms with Gasteiger partial charge in [0.05, 0.1) is 0 Å². The van der Waals surface area contributed by atoms with Crippen LogP contribution in [0.5, 0.6) is 0 Å². The van der Waals surface area contributed by atoms with E-state index in [9.17, 15) is 19.8 Å². The van der Waals surface area contributed by atoms with Crippen LogP contribution in [0.3, 0.4) is 0 Å². The number of carbonyl (C=O) groups excluding carboxylic acids is 2. The molecule has 2 aromatic rings. The molecule has 0 spiro atoms. The van der Waals surface area contributed by atoms with Crippen molar-refractivity contribution in [3.63, 3.8) is 0 Å². The molecule has 2 aromatic carbocycles. The second kappa shape index (κ2) is 5.52. The molecule has 1 aliphatic carbocycles. The molecular formula is C20H17NO5. The Hall–Kier alpha value is -2.96. The smallest absolute Gasteiger partial charge is 0.339 e. The third-order valence-electron chi connectivity index (χ3n) is 4.94. The van der Waals surface area contributed by atoms with Crippen molar-refractivity contribution in [2.75, 3.05) is 0 Å². The molecule has 0 fully saturated rings. The van der Waals surface area contributed by atoms with Crippen LogP contribution in [0.25, 0.3) is 0 Å². The van der Waals surface area contributed by atoms with Crippen molar-refractivity contribution in [3.05, 3.63) is 82.6 Å². The van der Waals surface area contributed by atoms with Gasteiger partial charge in [0, 0.05) is 16.8 Å². The molecular weight excluding hydrogens is 334 g/mol. The van der Waals surface area contributed by atoms with E-state index < -0.39 is 23.1 Å². The Morgan fingerprint density at radius 3 is 2.46 bits per heavy atom. The molecule has 2 atom stereocenters. The number of Topliss-reactive ketones (excluding diaryl/α,β-unsaturated/α-hetero) is 1. The first-order valence-electron chi connectivity index (χ1n) is 8.19. The Morgan fingerprint density at radius 1 is 1.08 bits per heavy atom. The van der Waals surface area contributed by atoms with Gasteiger partial charge in [0.2, 0.25) is 17.1 Å². The van der Waals surface area contributed by atoms with Crippen molar-refractivity contribution in [2.45, 2.75) is 24.9 Å². The van der Waals surface area contributed by atoms with Crippen LogP contribution in [0.1, 0.15) is 28.4 Å². The molecule has 4 rings (SSSR count). The summed E-state index contributed by atoms with van der Waals surface area (Å²) in [5, 5.41) is 24.9. The highest BCUT2D eigenvalue weighted by Crippen LogP contribution is 2.51. The molecule has 6 heteroatoms. The molecule has 0 aromatic heterocycles. The van der Waals surface area contributed by atoms with Gasteiger partial charge in [-0.05, 0) is 12.5 Å². The van der Waals surface area contributed by atoms with Gasteiger partial charge in [-0.3, -0.25) is 4.79 Å². The summed E-state index contributed by atoms with van der Waals surface area (Å²) in [5.41, 5.74) is -3.40. The highest BCUT2D eigenvalue weighted by atomic mass is 16.5. The fourth-order valence-electron chi connectivity index (χ4n) is 3.70. The number of nitrogens with one attached hydrogen (secondary N) is 1. The quantitative estimate of drug-likeness (QED) is 0.723. The Bertz CT molecular complexity index is 952. The van der Waals surface area contributed by atoms with Crippen LogP contribution in [0, 0.1) is 0 Å². The Labute approximate surface area is 149 Å². The predicted octanol–water partition coefficient (Wildman–Crippen LogP) is 1.38. The van der Waals surface area contributed by atoms with E-state index in [0.29, 0.717) is 0 Å². The summed E-state index contributed by atoms with van der Waals surface area (Å²) in [6.07, 6.45) is 0. The largest absolute Gasteiger partial charge is 0.457 e. The lowest BCUT2D eigenvalue weighted by atomic mass is 9.85. The number of ketones is 1. The van der Waals surface area contributed by atoms with E-state index >= 15 is 0 Å². The highest BCUT2D eigenvalue weighted by molar-refractivity contribution is 6.16. The van der Waals surface area contributed by atoms with Crippen LogP contribution in [0.15, 0.2) is 65.9 Å². The lowest BCUT2D eigenvalue weighted by Crippen LogP contribution is -2.56. The van der Waals surface area contributed by atoms with E-state index in [-0.39, 0.29) is 29.0 Å². The lowest BCUT2D eigenvalue weighted by Gasteiger charge is -2.31. The predicted molar refractivity (Wildman–Crippen MR) is 91.7 cm³/mol. The third-order valence-corrected chi connectivity index (χ3v) is 4.94. The van der Waals surface area contributed by atoms with Gasteiger partial charge < -0.3 is 20.3 Å². The van der Waals surface area contributed by atoms with E-state index in [1.165, 1.54) is 13.0 Å². The second-order valence-corrected chi connectivity index (χ2v) is 6.48. The molecule has 26 heavy (non-hydrogen) atoms. The first-order chi connectivity index (χ1) is 12.4. The minimum atomic E-state index is -2.42. The first kappa shape index (κ1) is 16.5. The normalized spacial score (nSPS) is 26.3. The maximum absolute atomic E-state index is 12.8. The van der Waals surface area contributed by atoms with Gasteiger partial charge in [0.25, 0.3) is 0 Å². The number of rotatable bonds is 3. The number of aliphatic hydroxyl groups is 2. The van der Waals surface area contributed by atoms with E-state index in [1.54, 1.807) is 30.3 Å². The summed E-state index contributed by atoms with van der Waals surface area (Å²) in [7, 11) is 0. The van der Waals surface area contributed by atoms with Crippen LogP contribution in [-0.4, -0.2) is 27.6 Å². The average Bonchev–Trinajstić information content (AvgIpc) is 2.95. The number of hydrogen-bond donors (Lipinski definition) is 3. The van der Waals surface area contributed by atoms with Crippen LogP contribution in [-0.2, 0) is 21.9 Å². The molecule has 1 aliphatic heterocycles. The SMILES string of the molecule is CC1=C(C(=O)OCc2ccccc2)C2(O)C(=O)c3ccccc3C2(O)N1. The van der Waals surface area contributed by atoms with E-state index in [1.807, 2.05) is 18.2 Å². The minimum Gasteiger partial charge on any atom is -0.457 e. The summed E-state index contributed by atoms with van der Waals surface area (Å²) >= 11 is 0. The van der Waals surface area contributed by atoms with Gasteiger partial charge in [0.15, 0.2) is 0 Å². The molecule has 0 saturated heterocycles. The summed E-state index contributed by atoms with van der Waals surface area (Å²) < 4.78 is 5.29. The van der Waals surface area contributed by atoms with E-state index in [4.69, 9.17) is 4.74 Å². The Morgan fingerprint density at radius 2 is 1.73 bits per heavy atom. The second-order valence-electron chi connectivity index (χ2n) is 6.48. The number of benzene rings is 2. The van der Waals surface area contributed by atoms with Crippen molar-refractivity contribution >= 4 is 11.8 Å². The number of ether oxygens (including phenoxy) is 1. The maximum Gasteiger partial charge on any atom is 0.339 e. The third kappa shape index (κ3) is 2.00. The van der Waals surface area contributed by atoms with Crippen LogP contribution >= 0.6 is 0 Å². The van der Waals surface area contributed by atoms with Gasteiger partial charge in [0.1, 0.15) is 12.2 Å². The van der Waals surface area contributed by atoms with E-state index in [2.05, 4.69) is 5.32 Å². The van der Waals surface area contributed by atoms with Gasteiger partial charge in [-0.1, -0.05) is 54.6 Å². The molecule has 3 N–H and O–H groups in total. The van der Waals surface area contributed by atoms with Crippen molar-refractivity contribution in [2.24, 2.45) is 0 Å². The van der Waals surface area contributed by atoms with Crippen LogP contribution < -0.4 is 5.32 Å². The average molecular weight is 351 g/mol. The summed E-state index contributed by atoms with van der Waals surface area (Å²) in [6.45, 7) is 1.51. The molecule has 132 valence electrons. The molecule has 0 bridgehead atoms. The Balaban J connectivity index is 1.69. The van der Waals surface area contributed by atoms with Crippen molar-refractivity contribution < 1.29 is 24.5 Å². The fraction of sp³-hybridized carbons (Fsp3) is 0.200. The monoisotopic (exact) mass is 351 g/mol. The number of fused-ring (bicyclic) bond motifs is 3. The molecule has 1 heterocycles. The summed E-state index contributed by atoms with van der Waals surface area (Å²) in [5.74, 6) is -1.58. The summed E-state index contributed by atoms with van der Waals surface area (Å²) in [6, 6.07) is 15.4. The van der Waals surface area contributed by atoms with Gasteiger partial charge >= 0.3 is 5.97 Å². The van der Waals surface area contributed by atoms with Gasteiger partial charge in [-0.25, -0.2) is 4.79 Å². The van der Waals surface area contributed by atoms with Gasteiger partial charge in [-0.15, -0.1) is 0 Å². The zero-order valence-corrected chi connectivity index (χ0v) is 14.0. The molecule has 0 amide bonds. The van der Waals surface area contributed by atoms with Gasteiger partial charge in [-0.2, -0.15) is 0 Å². The number of hydrogen-bond acceptors (Lipinski definition) is 6. The van der Waals surface area contributed by atoms with Crippen molar-refractivity contribution in [1.82, 2.24) is 5.32 Å². The maximum atomic E-state index is 12.8. The highest BCUT2D eigenvalue weighted by Gasteiger charge is 2.70. The van der Waals surface area contributed by atoms with Crippen LogP contribution in [0.2, 0.25) is 0 Å². The fourth-order valence-corrected chi connectivity index (χ4v) is 3.70. The molecule has 0 saturated carbocycles. The van der Waals surface area contributed by atoms with Crippen LogP contribution in [0.4, 0.5) is 0 Å². The number of carbonyl (C=O) groups is 2. The summed E-state index contributed by atoms with van der Waals surface area (Å²) in [4.78, 5) is 25.5. The number of esters is 1. The van der Waals surface area contributed by atoms with Crippen molar-refractivity contribution in [1.29, 1.82) is 0 Å². The number of allylic oxidation sites excluding steroid dienone is 1. The molecule has 0 radical (unpaired) electrons. The standard InChI is InChI=1S/C20H17NO5/c1-12-16(18(23)26-11-13-7-3-2-4-8-13)19(24)17(22)14-9-5-6-10-15(14)20(19,25)21-12/h2-10,21,24-25H,11H2,1H3. The van der Waals surface area contributed by atoms with Crippen molar-refractivity contribution in [3.8, 4) is 0 Å². The minimum absolute atomic E-state index is 0.00784. The van der Waals surface area contributed by atoms with E-state index in [0.717, 1.165) is 5.56 Å². The zero-order valence-electron chi connectivity index (χ0n) is 14.0. The molecule has 2 aliphatic rings. The topological polar surface area (TPSA) is 95.9 Å².